The molecule has 2 aromatic carbocycles. The maximum atomic E-state index is 14.1. The molecule has 6 heteroatoms. The van der Waals surface area contributed by atoms with Crippen LogP contribution < -0.4 is 16.0 Å². The number of H-pyrrole nitrogens is 1. The Kier molecular flexibility index (Phi) is 4.69. The monoisotopic (exact) mass is 396 g/mol. The number of rotatable bonds is 4. The van der Waals surface area contributed by atoms with E-state index >= 15 is 0 Å². The molecule has 0 aliphatic rings. The summed E-state index contributed by atoms with van der Waals surface area (Å²) in [6, 6.07) is 11.5. The van der Waals surface area contributed by atoms with Crippen LogP contribution in [0.15, 0.2) is 41.2 Å². The van der Waals surface area contributed by atoms with Crippen molar-refractivity contribution in [2.75, 3.05) is 13.7 Å². The average Bonchev–Trinajstić information content (AvgIpc) is 3.10. The molecule has 2 aromatic heterocycles. The van der Waals surface area contributed by atoms with Gasteiger partial charge >= 0.3 is 0 Å². The molecule has 0 saturated carbocycles. The van der Waals surface area contributed by atoms with Gasteiger partial charge in [0.1, 0.15) is 10.4 Å². The van der Waals surface area contributed by atoms with Gasteiger partial charge in [0.25, 0.3) is 5.56 Å². The van der Waals surface area contributed by atoms with Gasteiger partial charge in [-0.3, -0.25) is 4.79 Å². The fourth-order valence-corrected chi connectivity index (χ4v) is 4.45. The molecule has 0 fully saturated rings. The second-order valence-corrected chi connectivity index (χ2v) is 8.03. The minimum atomic E-state index is -0.383. The third kappa shape index (κ3) is 2.89. The number of methoxy groups -OCH3 is 1. The highest BCUT2D eigenvalue weighted by molar-refractivity contribution is 7.17. The number of halogens is 1. The van der Waals surface area contributed by atoms with E-state index in [-0.39, 0.29) is 16.6 Å². The van der Waals surface area contributed by atoms with Crippen molar-refractivity contribution in [3.63, 3.8) is 0 Å². The van der Waals surface area contributed by atoms with E-state index in [4.69, 9.17) is 10.5 Å². The van der Waals surface area contributed by atoms with Crippen LogP contribution in [0.5, 0.6) is 5.75 Å². The topological polar surface area (TPSA) is 68.1 Å². The van der Waals surface area contributed by atoms with E-state index in [0.29, 0.717) is 27.9 Å². The smallest absolute Gasteiger partial charge is 0.266 e. The Labute approximate surface area is 165 Å². The maximum Gasteiger partial charge on any atom is 0.266 e. The summed E-state index contributed by atoms with van der Waals surface area (Å²) < 4.78 is 20.1. The highest BCUT2D eigenvalue weighted by Gasteiger charge is 2.19. The van der Waals surface area contributed by atoms with Crippen LogP contribution in [0.2, 0.25) is 0 Å². The number of benzene rings is 2. The van der Waals surface area contributed by atoms with Crippen LogP contribution in [0.3, 0.4) is 0 Å². The van der Waals surface area contributed by atoms with Crippen molar-refractivity contribution in [2.24, 2.45) is 5.73 Å². The second kappa shape index (κ2) is 7.04. The summed E-state index contributed by atoms with van der Waals surface area (Å²) in [6.07, 6.45) is 0. The molecule has 0 aliphatic heterocycles. The fourth-order valence-electron chi connectivity index (χ4n) is 3.66. The van der Waals surface area contributed by atoms with E-state index in [1.807, 2.05) is 25.1 Å². The molecule has 1 atom stereocenters. The first-order chi connectivity index (χ1) is 13.4. The summed E-state index contributed by atoms with van der Waals surface area (Å²) in [4.78, 5) is 15.4. The quantitative estimate of drug-likeness (QED) is 0.514. The van der Waals surface area contributed by atoms with Gasteiger partial charge in [-0.2, -0.15) is 4.39 Å². The summed E-state index contributed by atoms with van der Waals surface area (Å²) in [5.41, 5.74) is 10.0. The first-order valence-electron chi connectivity index (χ1n) is 9.07. The predicted octanol–water partition coefficient (Wildman–Crippen LogP) is 4.93. The molecule has 0 bridgehead atoms. The van der Waals surface area contributed by atoms with Crippen LogP contribution in [-0.2, 0) is 0 Å². The minimum Gasteiger partial charge on any atom is -0.496 e. The lowest BCUT2D eigenvalue weighted by Gasteiger charge is -2.16. The van der Waals surface area contributed by atoms with Crippen LogP contribution in [0, 0.1) is 12.1 Å². The Morgan fingerprint density at radius 1 is 1.25 bits per heavy atom. The number of nitrogens with one attached hydrogen (secondary N) is 1. The van der Waals surface area contributed by atoms with E-state index in [1.165, 1.54) is 6.07 Å². The lowest BCUT2D eigenvalue weighted by Crippen LogP contribution is -2.08. The number of pyridine rings is 1. The zero-order valence-electron chi connectivity index (χ0n) is 15.9. The van der Waals surface area contributed by atoms with Gasteiger partial charge in [-0.25, -0.2) is 0 Å². The molecular formula is C22H21FN2O2S. The Balaban J connectivity index is 2.11. The second-order valence-electron chi connectivity index (χ2n) is 7.03. The number of hydrogen-bond donors (Lipinski definition) is 2. The van der Waals surface area contributed by atoms with Crippen molar-refractivity contribution in [3.8, 4) is 16.9 Å². The van der Waals surface area contributed by atoms with Crippen molar-refractivity contribution in [1.82, 2.24) is 4.98 Å². The lowest BCUT2D eigenvalue weighted by molar-refractivity contribution is 0.416. The molecule has 0 radical (unpaired) electrons. The molecule has 4 aromatic rings. The molecule has 28 heavy (non-hydrogen) atoms. The zero-order valence-corrected chi connectivity index (χ0v) is 16.7. The Morgan fingerprint density at radius 2 is 1.96 bits per heavy atom. The van der Waals surface area contributed by atoms with E-state index in [1.54, 1.807) is 7.11 Å². The summed E-state index contributed by atoms with van der Waals surface area (Å²) in [5.74, 6) is 0.948. The van der Waals surface area contributed by atoms with Crippen molar-refractivity contribution in [1.29, 1.82) is 0 Å². The summed E-state index contributed by atoms with van der Waals surface area (Å²) in [5, 5.41) is 1.02. The molecule has 4 rings (SSSR count). The van der Waals surface area contributed by atoms with Gasteiger partial charge in [0, 0.05) is 16.3 Å². The van der Waals surface area contributed by atoms with Gasteiger partial charge in [0.15, 0.2) is 5.13 Å². The van der Waals surface area contributed by atoms with Gasteiger partial charge in [0.05, 0.1) is 12.6 Å². The van der Waals surface area contributed by atoms with E-state index < -0.39 is 0 Å². The van der Waals surface area contributed by atoms with Gasteiger partial charge in [0.2, 0.25) is 0 Å². The average molecular weight is 396 g/mol. The van der Waals surface area contributed by atoms with Gasteiger partial charge in [-0.1, -0.05) is 31.2 Å². The van der Waals surface area contributed by atoms with Crippen molar-refractivity contribution in [3.05, 3.63) is 63.0 Å². The molecule has 0 aliphatic carbocycles. The van der Waals surface area contributed by atoms with Crippen molar-refractivity contribution >= 4 is 32.3 Å². The molecule has 0 saturated heterocycles. The lowest BCUT2D eigenvalue weighted by atomic mass is 9.93. The number of nitrogens with two attached hydrogens (primary N) is 1. The Morgan fingerprint density at radius 3 is 2.61 bits per heavy atom. The first kappa shape index (κ1) is 18.7. The summed E-state index contributed by atoms with van der Waals surface area (Å²) >= 11 is 0.861. The third-order valence-electron chi connectivity index (χ3n) is 5.25. The first-order valence-corrected chi connectivity index (χ1v) is 9.89. The van der Waals surface area contributed by atoms with Crippen LogP contribution in [0.1, 0.15) is 24.0 Å². The normalized spacial score (nSPS) is 12.6. The third-order valence-corrected chi connectivity index (χ3v) is 6.17. The number of thiophene rings is 1. The number of aromatic nitrogens is 1. The number of aryl methyl sites for hydroxylation is 1. The molecular weight excluding hydrogens is 375 g/mol. The van der Waals surface area contributed by atoms with Gasteiger partial charge < -0.3 is 15.5 Å². The van der Waals surface area contributed by atoms with Crippen molar-refractivity contribution in [2.45, 2.75) is 19.8 Å². The van der Waals surface area contributed by atoms with Gasteiger partial charge in [-0.05, 0) is 48.2 Å². The van der Waals surface area contributed by atoms with Crippen LogP contribution in [0.4, 0.5) is 4.39 Å². The summed E-state index contributed by atoms with van der Waals surface area (Å²) in [6.45, 7) is 4.57. The standard InChI is InChI=1S/C22H21FN2O2S/c1-11-8-16(27-3)18(14-6-4-13(5-7-14)12(2)10-24)19-15-9-17(23)28-21(15)22(26)25-20(11)19/h4-9,12H,10,24H2,1-3H3,(H,25,26)/t12-/m0/s1. The minimum absolute atomic E-state index is 0.264. The molecule has 4 nitrogen and oxygen atoms in total. The largest absolute Gasteiger partial charge is 0.496 e. The number of ether oxygens (including phenoxy) is 1. The van der Waals surface area contributed by atoms with E-state index in [2.05, 4.69) is 24.0 Å². The van der Waals surface area contributed by atoms with Crippen LogP contribution >= 0.6 is 11.3 Å². The molecule has 0 unspecified atom stereocenters. The van der Waals surface area contributed by atoms with Crippen molar-refractivity contribution < 1.29 is 9.13 Å². The SMILES string of the molecule is COc1cc(C)c2[nH]c(=O)c3sc(F)cc3c2c1-c1ccc([C@@H](C)CN)cc1. The number of fused-ring (bicyclic) bond motifs is 3. The summed E-state index contributed by atoms with van der Waals surface area (Å²) in [7, 11) is 1.62. The highest BCUT2D eigenvalue weighted by atomic mass is 32.1. The number of hydrogen-bond acceptors (Lipinski definition) is 4. The molecule has 3 N–H and O–H groups in total. The fraction of sp³-hybridized carbons (Fsp3) is 0.227. The molecule has 144 valence electrons. The maximum absolute atomic E-state index is 14.1. The Hall–Kier alpha value is -2.70. The molecule has 0 amide bonds. The van der Waals surface area contributed by atoms with E-state index in [0.717, 1.165) is 39.0 Å². The zero-order chi connectivity index (χ0) is 20.0. The highest BCUT2D eigenvalue weighted by Crippen LogP contribution is 2.42. The van der Waals surface area contributed by atoms with Crippen LogP contribution in [-0.4, -0.2) is 18.6 Å². The van der Waals surface area contributed by atoms with Gasteiger partial charge in [-0.15, -0.1) is 11.3 Å². The Bertz CT molecular complexity index is 1240. The molecule has 2 heterocycles. The molecule has 0 spiro atoms. The predicted molar refractivity (Wildman–Crippen MR) is 114 cm³/mol. The van der Waals surface area contributed by atoms with E-state index in [9.17, 15) is 9.18 Å². The number of aromatic amines is 1. The van der Waals surface area contributed by atoms with Crippen LogP contribution in [0.25, 0.3) is 32.1 Å².